The van der Waals surface area contributed by atoms with E-state index in [1.165, 1.54) is 193 Å². The summed E-state index contributed by atoms with van der Waals surface area (Å²) in [6, 6.07) is 0. The van der Waals surface area contributed by atoms with Gasteiger partial charge in [-0.3, -0.25) is 37.3 Å². The van der Waals surface area contributed by atoms with Crippen LogP contribution < -0.4 is 0 Å². The molecule has 0 aromatic rings. The van der Waals surface area contributed by atoms with E-state index in [1.807, 2.05) is 0 Å². The maximum absolute atomic E-state index is 13.1. The lowest BCUT2D eigenvalue weighted by atomic mass is 9.99. The van der Waals surface area contributed by atoms with Gasteiger partial charge in [-0.05, 0) is 43.4 Å². The van der Waals surface area contributed by atoms with Crippen molar-refractivity contribution in [2.75, 3.05) is 39.6 Å². The van der Waals surface area contributed by atoms with E-state index in [9.17, 15) is 43.2 Å². The summed E-state index contributed by atoms with van der Waals surface area (Å²) in [5.74, 6) is 0.203. The molecule has 0 aromatic carbocycles. The second-order valence-corrected chi connectivity index (χ2v) is 30.7. The van der Waals surface area contributed by atoms with Gasteiger partial charge in [0.05, 0.1) is 26.4 Å². The van der Waals surface area contributed by atoms with Crippen LogP contribution in [-0.4, -0.2) is 96.7 Å². The minimum atomic E-state index is -4.96. The summed E-state index contributed by atoms with van der Waals surface area (Å²) in [6.07, 6.45) is 51.2. The third-order valence-electron chi connectivity index (χ3n) is 18.5. The van der Waals surface area contributed by atoms with Gasteiger partial charge >= 0.3 is 39.5 Å². The second kappa shape index (κ2) is 65.7. The molecule has 3 N–H and O–H groups in total. The highest BCUT2D eigenvalue weighted by atomic mass is 31.2. The zero-order chi connectivity index (χ0) is 69.4. The molecule has 94 heavy (non-hydrogen) atoms. The lowest BCUT2D eigenvalue weighted by Gasteiger charge is -2.21. The fourth-order valence-corrected chi connectivity index (χ4v) is 12.9. The molecule has 0 aromatic heterocycles. The quantitative estimate of drug-likeness (QED) is 0.0222. The molecule has 0 bridgehead atoms. The van der Waals surface area contributed by atoms with Crippen LogP contribution in [0.15, 0.2) is 0 Å². The molecule has 0 spiro atoms. The van der Waals surface area contributed by atoms with Gasteiger partial charge in [0.1, 0.15) is 19.3 Å². The molecule has 0 radical (unpaired) electrons. The fourth-order valence-electron chi connectivity index (χ4n) is 11.3. The van der Waals surface area contributed by atoms with Crippen molar-refractivity contribution in [2.45, 2.75) is 401 Å². The van der Waals surface area contributed by atoms with Crippen molar-refractivity contribution in [1.29, 1.82) is 0 Å². The molecule has 5 unspecified atom stereocenters. The number of unbranched alkanes of at least 4 members (excludes halogenated alkanes) is 38. The summed E-state index contributed by atoms with van der Waals surface area (Å²) in [5.41, 5.74) is 0. The van der Waals surface area contributed by atoms with Crippen LogP contribution in [0, 0.1) is 17.8 Å². The third-order valence-corrected chi connectivity index (χ3v) is 20.4. The highest BCUT2D eigenvalue weighted by Crippen LogP contribution is 2.45. The summed E-state index contributed by atoms with van der Waals surface area (Å²) in [7, 11) is -9.91. The Morgan fingerprint density at radius 3 is 0.755 bits per heavy atom. The van der Waals surface area contributed by atoms with E-state index in [2.05, 4.69) is 48.5 Å². The Hall–Kier alpha value is -1.94. The average molecular weight is 1380 g/mol. The van der Waals surface area contributed by atoms with Gasteiger partial charge < -0.3 is 33.8 Å². The number of hydrogen-bond acceptors (Lipinski definition) is 15. The second-order valence-electron chi connectivity index (χ2n) is 27.8. The van der Waals surface area contributed by atoms with Crippen LogP contribution in [0.3, 0.4) is 0 Å². The van der Waals surface area contributed by atoms with E-state index in [0.29, 0.717) is 25.7 Å². The van der Waals surface area contributed by atoms with Crippen molar-refractivity contribution in [2.24, 2.45) is 17.8 Å². The van der Waals surface area contributed by atoms with Gasteiger partial charge in [-0.15, -0.1) is 0 Å². The van der Waals surface area contributed by atoms with E-state index < -0.39 is 97.5 Å². The largest absolute Gasteiger partial charge is 0.472 e. The number of phosphoric acid groups is 2. The maximum atomic E-state index is 13.1. The normalized spacial score (nSPS) is 15.0. The van der Waals surface area contributed by atoms with Crippen LogP contribution in [0.2, 0.25) is 0 Å². The number of hydrogen-bond donors (Lipinski definition) is 3. The lowest BCUT2D eigenvalue weighted by Crippen LogP contribution is -2.30. The van der Waals surface area contributed by atoms with Gasteiger partial charge in [0, 0.05) is 25.7 Å². The molecular formula is C75H146O17P2. The Bertz CT molecular complexity index is 1840. The van der Waals surface area contributed by atoms with Gasteiger partial charge in [0.25, 0.3) is 0 Å². The molecule has 17 nitrogen and oxygen atoms in total. The smallest absolute Gasteiger partial charge is 0.462 e. The first kappa shape index (κ1) is 92.1. The Balaban J connectivity index is 5.26. The van der Waals surface area contributed by atoms with Gasteiger partial charge in [0.15, 0.2) is 12.2 Å². The lowest BCUT2D eigenvalue weighted by molar-refractivity contribution is -0.161. The predicted molar refractivity (Wildman–Crippen MR) is 381 cm³/mol. The topological polar surface area (TPSA) is 237 Å². The number of carbonyl (C=O) groups is 4. The molecule has 0 aliphatic heterocycles. The van der Waals surface area contributed by atoms with Crippen LogP contribution in [0.1, 0.15) is 382 Å². The molecule has 0 aliphatic carbocycles. The number of ether oxygens (including phenoxy) is 4. The van der Waals surface area contributed by atoms with E-state index in [-0.39, 0.29) is 25.7 Å². The predicted octanol–water partition coefficient (Wildman–Crippen LogP) is 21.8. The molecule has 0 fully saturated rings. The minimum Gasteiger partial charge on any atom is -0.462 e. The van der Waals surface area contributed by atoms with E-state index in [0.717, 1.165) is 108 Å². The minimum absolute atomic E-state index is 0.104. The highest BCUT2D eigenvalue weighted by molar-refractivity contribution is 7.47. The highest BCUT2D eigenvalue weighted by Gasteiger charge is 2.30. The van der Waals surface area contributed by atoms with Gasteiger partial charge in [0.2, 0.25) is 0 Å². The van der Waals surface area contributed by atoms with Crippen molar-refractivity contribution >= 4 is 39.5 Å². The number of rotatable bonds is 73. The Morgan fingerprint density at radius 2 is 0.511 bits per heavy atom. The van der Waals surface area contributed by atoms with Crippen molar-refractivity contribution < 1.29 is 80.2 Å². The number of esters is 4. The Kier molecular flexibility index (Phi) is 64.3. The zero-order valence-corrected chi connectivity index (χ0v) is 63.2. The molecule has 0 aliphatic rings. The Morgan fingerprint density at radius 1 is 0.298 bits per heavy atom. The third kappa shape index (κ3) is 64.7. The Labute approximate surface area is 575 Å². The zero-order valence-electron chi connectivity index (χ0n) is 61.4. The molecular weight excluding hydrogens is 1230 g/mol. The van der Waals surface area contributed by atoms with E-state index in [1.54, 1.807) is 0 Å². The van der Waals surface area contributed by atoms with Crippen molar-refractivity contribution in [3.8, 4) is 0 Å². The summed E-state index contributed by atoms with van der Waals surface area (Å²) in [6.45, 7) is 11.9. The van der Waals surface area contributed by atoms with Crippen LogP contribution >= 0.6 is 15.6 Å². The maximum Gasteiger partial charge on any atom is 0.472 e. The molecule has 0 saturated carbocycles. The summed E-state index contributed by atoms with van der Waals surface area (Å²) in [5, 5.41) is 10.6. The average Bonchev–Trinajstić information content (AvgIpc) is 1.63. The van der Waals surface area contributed by atoms with E-state index in [4.69, 9.17) is 37.0 Å². The van der Waals surface area contributed by atoms with Crippen LogP contribution in [-0.2, 0) is 65.4 Å². The molecule has 0 rings (SSSR count). The van der Waals surface area contributed by atoms with Crippen molar-refractivity contribution in [3.05, 3.63) is 0 Å². The monoisotopic (exact) mass is 1380 g/mol. The summed E-state index contributed by atoms with van der Waals surface area (Å²) < 4.78 is 68.5. The van der Waals surface area contributed by atoms with Crippen molar-refractivity contribution in [1.82, 2.24) is 0 Å². The number of phosphoric ester groups is 2. The molecule has 8 atom stereocenters. The summed E-state index contributed by atoms with van der Waals surface area (Å²) >= 11 is 0. The standard InChI is InChI=1S/C75H146O17P2/c1-8-12-13-14-15-16-17-18-19-20-21-22-23-24-25-37-44-51-58-74(79)91-70(62-85-72(77)56-49-42-35-29-26-32-39-46-53-66(5)9-2)64-89-93(81,82)87-60-69(76)61-88-94(83,84)90-65-71(92-75(80)59-52-45-38-31-28-34-41-48-55-68(7)11-4)63-86-73(78)57-50-43-36-30-27-33-40-47-54-67(6)10-3/h66-71,76H,8-65H2,1-7H3,(H,81,82)(H,83,84)/t66?,67?,68?,69-,70-,71-/m1/s1. The fraction of sp³-hybridized carbons (Fsp3) is 0.947. The molecule has 0 heterocycles. The van der Waals surface area contributed by atoms with Gasteiger partial charge in [-0.25, -0.2) is 9.13 Å². The molecule has 19 heteroatoms. The van der Waals surface area contributed by atoms with Crippen LogP contribution in [0.5, 0.6) is 0 Å². The SMILES string of the molecule is CCCCCCCCCCCCCCCCCCCCC(=O)O[C@H](COC(=O)CCCCCCCCCCC(C)CC)COP(=O)(O)OC[C@@H](O)COP(=O)(O)OC[C@@H](COC(=O)CCCCCCCCCCC(C)CC)OC(=O)CCCCCCCCCCC(C)CC. The molecule has 0 saturated heterocycles. The molecule has 558 valence electrons. The first-order valence-corrected chi connectivity index (χ1v) is 42.0. The van der Waals surface area contributed by atoms with E-state index >= 15 is 0 Å². The van der Waals surface area contributed by atoms with Crippen LogP contribution in [0.25, 0.3) is 0 Å². The number of carbonyl (C=O) groups excluding carboxylic acids is 4. The number of aliphatic hydroxyl groups is 1. The first-order valence-electron chi connectivity index (χ1n) is 39.0. The van der Waals surface area contributed by atoms with Crippen LogP contribution in [0.4, 0.5) is 0 Å². The summed E-state index contributed by atoms with van der Waals surface area (Å²) in [4.78, 5) is 72.8. The van der Waals surface area contributed by atoms with Gasteiger partial charge in [-0.2, -0.15) is 0 Å². The number of aliphatic hydroxyl groups excluding tert-OH is 1. The first-order chi connectivity index (χ1) is 45.3. The van der Waals surface area contributed by atoms with Gasteiger partial charge in [-0.1, -0.05) is 331 Å². The molecule has 0 amide bonds. The van der Waals surface area contributed by atoms with Crippen molar-refractivity contribution in [3.63, 3.8) is 0 Å².